The first-order valence-corrected chi connectivity index (χ1v) is 10.1. The van der Waals surface area contributed by atoms with Gasteiger partial charge in [-0.25, -0.2) is 0 Å². The predicted molar refractivity (Wildman–Crippen MR) is 106 cm³/mol. The number of carbonyl (C=O) groups excluding carboxylic acids is 2. The third kappa shape index (κ3) is 2.30. The molecule has 3 aromatic rings. The summed E-state index contributed by atoms with van der Waals surface area (Å²) in [5.41, 5.74) is 2.42. The summed E-state index contributed by atoms with van der Waals surface area (Å²) in [5, 5.41) is 5.44. The summed E-state index contributed by atoms with van der Waals surface area (Å²) in [7, 11) is 3.39. The van der Waals surface area contributed by atoms with Gasteiger partial charge >= 0.3 is 5.97 Å². The molecule has 0 saturated heterocycles. The lowest BCUT2D eigenvalue weighted by molar-refractivity contribution is -0.155. The van der Waals surface area contributed by atoms with Crippen LogP contribution in [0.3, 0.4) is 0 Å². The Morgan fingerprint density at radius 3 is 2.57 bits per heavy atom. The molecule has 28 heavy (non-hydrogen) atoms. The van der Waals surface area contributed by atoms with Crippen molar-refractivity contribution in [1.82, 2.24) is 14.3 Å². The van der Waals surface area contributed by atoms with E-state index in [1.54, 1.807) is 6.20 Å². The molecule has 6 rings (SSSR count). The van der Waals surface area contributed by atoms with Crippen LogP contribution in [0.5, 0.6) is 0 Å². The molecule has 3 fully saturated rings. The van der Waals surface area contributed by atoms with E-state index in [-0.39, 0.29) is 23.2 Å². The molecule has 6 heteroatoms. The minimum atomic E-state index is -0.386. The number of carbonyl (C=O) groups is 2. The molecule has 2 heterocycles. The van der Waals surface area contributed by atoms with Crippen LogP contribution in [0.1, 0.15) is 43.3 Å². The van der Waals surface area contributed by atoms with Gasteiger partial charge in [0.1, 0.15) is 0 Å². The number of rotatable bonds is 2. The van der Waals surface area contributed by atoms with Gasteiger partial charge in [0, 0.05) is 18.4 Å². The smallest absolute Gasteiger partial charge is 0.311 e. The van der Waals surface area contributed by atoms with Crippen molar-refractivity contribution >= 4 is 33.8 Å². The van der Waals surface area contributed by atoms with E-state index in [0.717, 1.165) is 60.5 Å². The van der Waals surface area contributed by atoms with Gasteiger partial charge < -0.3 is 4.74 Å². The van der Waals surface area contributed by atoms with E-state index in [9.17, 15) is 9.59 Å². The largest absolute Gasteiger partial charge is 0.469 e. The van der Waals surface area contributed by atoms with Crippen LogP contribution in [0.2, 0.25) is 0 Å². The molecular weight excluding hydrogens is 354 g/mol. The molecule has 2 aromatic heterocycles. The fraction of sp³-hybridized carbons (Fsp3) is 0.500. The minimum absolute atomic E-state index is 0.0618. The standard InChI is InChI=1S/C22H25N3O3/c1-24-19-16-5-3-4-6-17(16)25(18(19)13-23-24)20(26)15-9-12-22(21(27)28-2)10-7-14(15)8-11-22/h3-6,13-15H,7-12H2,1-2H3. The fourth-order valence-corrected chi connectivity index (χ4v) is 5.66. The molecule has 3 aliphatic carbocycles. The maximum absolute atomic E-state index is 13.8. The SMILES string of the molecule is COC(=O)C12CCC(CC1)C(C(=O)n1c3ccccc3c3c1cnn3C)CC2. The van der Waals surface area contributed by atoms with E-state index in [4.69, 9.17) is 4.74 Å². The lowest BCUT2D eigenvalue weighted by atomic mass is 9.71. The van der Waals surface area contributed by atoms with Crippen LogP contribution < -0.4 is 0 Å². The Hall–Kier alpha value is -2.63. The second kappa shape index (κ2) is 6.19. The van der Waals surface area contributed by atoms with Crippen LogP contribution >= 0.6 is 0 Å². The second-order valence-corrected chi connectivity index (χ2v) is 8.45. The zero-order valence-corrected chi connectivity index (χ0v) is 16.4. The summed E-state index contributed by atoms with van der Waals surface area (Å²) < 4.78 is 8.82. The minimum Gasteiger partial charge on any atom is -0.469 e. The van der Waals surface area contributed by atoms with Crippen molar-refractivity contribution in [2.24, 2.45) is 24.3 Å². The van der Waals surface area contributed by atoms with Crippen molar-refractivity contribution in [2.45, 2.75) is 38.5 Å². The van der Waals surface area contributed by atoms with Crippen LogP contribution in [-0.2, 0) is 16.6 Å². The van der Waals surface area contributed by atoms with Crippen molar-refractivity contribution < 1.29 is 14.3 Å². The molecule has 0 aliphatic heterocycles. The number of ether oxygens (including phenoxy) is 1. The first-order chi connectivity index (χ1) is 13.6. The van der Waals surface area contributed by atoms with E-state index < -0.39 is 0 Å². The molecule has 6 nitrogen and oxygen atoms in total. The molecule has 0 radical (unpaired) electrons. The van der Waals surface area contributed by atoms with Gasteiger partial charge in [0.15, 0.2) is 0 Å². The Kier molecular flexibility index (Phi) is 3.86. The molecule has 0 N–H and O–H groups in total. The number of para-hydroxylation sites is 1. The van der Waals surface area contributed by atoms with Crippen LogP contribution in [0, 0.1) is 17.3 Å². The van der Waals surface area contributed by atoms with E-state index in [1.807, 2.05) is 40.6 Å². The zero-order valence-electron chi connectivity index (χ0n) is 16.4. The maximum Gasteiger partial charge on any atom is 0.311 e. The van der Waals surface area contributed by atoms with Crippen molar-refractivity contribution in [3.05, 3.63) is 30.5 Å². The van der Waals surface area contributed by atoms with Crippen molar-refractivity contribution in [2.75, 3.05) is 7.11 Å². The molecule has 1 aromatic carbocycles. The molecule has 1 atom stereocenters. The summed E-state index contributed by atoms with van der Waals surface area (Å²) in [6, 6.07) is 8.03. The van der Waals surface area contributed by atoms with Crippen LogP contribution in [0.25, 0.3) is 21.9 Å². The second-order valence-electron chi connectivity index (χ2n) is 8.45. The van der Waals surface area contributed by atoms with Gasteiger partial charge in [0.05, 0.1) is 35.3 Å². The number of aromatic nitrogens is 3. The van der Waals surface area contributed by atoms with Crippen LogP contribution in [-0.4, -0.2) is 33.3 Å². The lowest BCUT2D eigenvalue weighted by Gasteiger charge is -2.34. The quantitative estimate of drug-likeness (QED) is 0.633. The Morgan fingerprint density at radius 2 is 1.82 bits per heavy atom. The van der Waals surface area contributed by atoms with E-state index in [1.165, 1.54) is 7.11 Å². The molecule has 146 valence electrons. The van der Waals surface area contributed by atoms with Gasteiger partial charge in [-0.2, -0.15) is 5.10 Å². The monoisotopic (exact) mass is 379 g/mol. The first-order valence-electron chi connectivity index (χ1n) is 10.1. The summed E-state index contributed by atoms with van der Waals surface area (Å²) >= 11 is 0. The Bertz CT molecular complexity index is 1090. The van der Waals surface area contributed by atoms with Gasteiger partial charge in [0.25, 0.3) is 0 Å². The highest BCUT2D eigenvalue weighted by atomic mass is 16.5. The molecule has 0 amide bonds. The molecule has 3 saturated carbocycles. The Balaban J connectivity index is 1.58. The topological polar surface area (TPSA) is 66.1 Å². The zero-order chi connectivity index (χ0) is 19.5. The van der Waals surface area contributed by atoms with Gasteiger partial charge in [-0.15, -0.1) is 0 Å². The number of fused-ring (bicyclic) bond motifs is 7. The van der Waals surface area contributed by atoms with E-state index >= 15 is 0 Å². The van der Waals surface area contributed by atoms with Crippen molar-refractivity contribution in [3.8, 4) is 0 Å². The Morgan fingerprint density at radius 1 is 1.11 bits per heavy atom. The van der Waals surface area contributed by atoms with Gasteiger partial charge in [-0.1, -0.05) is 18.2 Å². The summed E-state index contributed by atoms with van der Waals surface area (Å²) in [6.45, 7) is 0. The number of hydrogen-bond acceptors (Lipinski definition) is 4. The van der Waals surface area contributed by atoms with Crippen molar-refractivity contribution in [3.63, 3.8) is 0 Å². The Labute approximate surface area is 163 Å². The molecule has 2 bridgehead atoms. The summed E-state index contributed by atoms with van der Waals surface area (Å²) in [4.78, 5) is 26.2. The number of nitrogens with zero attached hydrogens (tertiary/aromatic N) is 3. The average molecular weight is 379 g/mol. The van der Waals surface area contributed by atoms with Crippen LogP contribution in [0.15, 0.2) is 30.5 Å². The summed E-state index contributed by atoms with van der Waals surface area (Å²) in [6.07, 6.45) is 6.78. The maximum atomic E-state index is 13.8. The number of aryl methyl sites for hydroxylation is 1. The van der Waals surface area contributed by atoms with Crippen LogP contribution in [0.4, 0.5) is 0 Å². The van der Waals surface area contributed by atoms with Gasteiger partial charge in [-0.05, 0) is 50.5 Å². The summed E-state index contributed by atoms with van der Waals surface area (Å²) in [5.74, 6) is 0.320. The fourth-order valence-electron chi connectivity index (χ4n) is 5.66. The third-order valence-electron chi connectivity index (χ3n) is 7.21. The molecule has 0 spiro atoms. The highest BCUT2D eigenvalue weighted by molar-refractivity contribution is 6.12. The molecule has 1 unspecified atom stereocenters. The number of benzene rings is 1. The third-order valence-corrected chi connectivity index (χ3v) is 7.21. The average Bonchev–Trinajstić information content (AvgIpc) is 3.11. The van der Waals surface area contributed by atoms with Gasteiger partial charge in [0.2, 0.25) is 5.91 Å². The van der Waals surface area contributed by atoms with Crippen molar-refractivity contribution in [1.29, 1.82) is 0 Å². The highest BCUT2D eigenvalue weighted by Gasteiger charge is 2.49. The van der Waals surface area contributed by atoms with E-state index in [0.29, 0.717) is 5.92 Å². The normalized spacial score (nSPS) is 27.2. The highest BCUT2D eigenvalue weighted by Crippen LogP contribution is 2.51. The molecular formula is C22H25N3O3. The first kappa shape index (κ1) is 17.5. The number of hydrogen-bond donors (Lipinski definition) is 0. The number of esters is 1. The van der Waals surface area contributed by atoms with Gasteiger partial charge in [-0.3, -0.25) is 18.8 Å². The lowest BCUT2D eigenvalue weighted by Crippen LogP contribution is -2.34. The van der Waals surface area contributed by atoms with E-state index in [2.05, 4.69) is 5.10 Å². The molecule has 3 aliphatic rings. The predicted octanol–water partition coefficient (Wildman–Crippen LogP) is 3.93. The number of methoxy groups -OCH3 is 1.